The molecular formula is C12H9Cl2F2N3O3S. The Morgan fingerprint density at radius 2 is 2.00 bits per heavy atom. The van der Waals surface area contributed by atoms with Crippen LogP contribution in [0.25, 0.3) is 0 Å². The molecule has 124 valence electrons. The molecule has 1 heterocycles. The first kappa shape index (κ1) is 17.6. The van der Waals surface area contributed by atoms with E-state index in [1.165, 1.54) is 18.2 Å². The van der Waals surface area contributed by atoms with Crippen LogP contribution in [0.2, 0.25) is 10.0 Å². The number of ether oxygens (including phenoxy) is 1. The average Bonchev–Trinajstić information content (AvgIpc) is 2.49. The van der Waals surface area contributed by atoms with Crippen LogP contribution in [-0.4, -0.2) is 25.5 Å². The molecule has 0 unspecified atom stereocenters. The molecule has 0 aliphatic rings. The van der Waals surface area contributed by atoms with E-state index in [9.17, 15) is 17.2 Å². The maximum absolute atomic E-state index is 12.6. The third-order valence-electron chi connectivity index (χ3n) is 2.61. The van der Waals surface area contributed by atoms with Gasteiger partial charge in [0.2, 0.25) is 5.82 Å². The van der Waals surface area contributed by atoms with Gasteiger partial charge in [-0.15, -0.1) is 0 Å². The van der Waals surface area contributed by atoms with Crippen molar-refractivity contribution in [3.05, 3.63) is 40.1 Å². The highest BCUT2D eigenvalue weighted by molar-refractivity contribution is 7.92. The number of halogens is 4. The molecule has 2 aromatic rings. The fourth-order valence-electron chi connectivity index (χ4n) is 1.58. The summed E-state index contributed by atoms with van der Waals surface area (Å²) in [6.07, 6.45) is -2.13. The van der Waals surface area contributed by atoms with Gasteiger partial charge in [0.15, 0.2) is 0 Å². The Kier molecular flexibility index (Phi) is 5.23. The van der Waals surface area contributed by atoms with E-state index in [4.69, 9.17) is 27.9 Å². The largest absolute Gasteiger partial charge is 0.478 e. The summed E-state index contributed by atoms with van der Waals surface area (Å²) in [6.45, 7) is 0. The summed E-state index contributed by atoms with van der Waals surface area (Å²) in [5.41, 5.74) is -0.648. The number of rotatable bonds is 5. The lowest BCUT2D eigenvalue weighted by atomic mass is 10.4. The highest BCUT2D eigenvalue weighted by Gasteiger charge is 2.23. The van der Waals surface area contributed by atoms with E-state index in [1.807, 2.05) is 0 Å². The van der Waals surface area contributed by atoms with Gasteiger partial charge >= 0.3 is 0 Å². The lowest BCUT2D eigenvalue weighted by Crippen LogP contribution is -2.16. The molecular weight excluding hydrogens is 375 g/mol. The van der Waals surface area contributed by atoms with E-state index in [0.29, 0.717) is 0 Å². The molecule has 6 nitrogen and oxygen atoms in total. The van der Waals surface area contributed by atoms with Crippen LogP contribution in [0.3, 0.4) is 0 Å². The van der Waals surface area contributed by atoms with Gasteiger partial charge in [-0.25, -0.2) is 27.2 Å². The second-order valence-electron chi connectivity index (χ2n) is 4.11. The minimum Gasteiger partial charge on any atom is -0.478 e. The van der Waals surface area contributed by atoms with E-state index in [0.717, 1.165) is 13.3 Å². The standard InChI is InChI=1S/C12H9Cl2F2N3O3S/c1-22-12-11(17-5-7(18-12)10(15)16)19-23(20,21)8-4-2-3-6(13)9(8)14/h2-5,10H,1H3,(H,17,19). The third-order valence-corrected chi connectivity index (χ3v) is 4.93. The lowest BCUT2D eigenvalue weighted by molar-refractivity contribution is 0.144. The highest BCUT2D eigenvalue weighted by Crippen LogP contribution is 2.31. The summed E-state index contributed by atoms with van der Waals surface area (Å²) >= 11 is 11.6. The van der Waals surface area contributed by atoms with Crippen molar-refractivity contribution in [1.82, 2.24) is 9.97 Å². The van der Waals surface area contributed by atoms with E-state index in [-0.39, 0.29) is 20.8 Å². The van der Waals surface area contributed by atoms with Crippen molar-refractivity contribution in [2.24, 2.45) is 0 Å². The molecule has 0 aliphatic heterocycles. The molecule has 0 radical (unpaired) electrons. The van der Waals surface area contributed by atoms with Crippen molar-refractivity contribution in [2.45, 2.75) is 11.3 Å². The summed E-state index contributed by atoms with van der Waals surface area (Å²) in [5.74, 6) is -0.752. The Morgan fingerprint density at radius 3 is 2.61 bits per heavy atom. The maximum Gasteiger partial charge on any atom is 0.282 e. The predicted octanol–water partition coefficient (Wildman–Crippen LogP) is 3.53. The van der Waals surface area contributed by atoms with Crippen LogP contribution in [0, 0.1) is 0 Å². The maximum atomic E-state index is 12.6. The molecule has 0 saturated heterocycles. The van der Waals surface area contributed by atoms with Crippen molar-refractivity contribution >= 4 is 39.0 Å². The van der Waals surface area contributed by atoms with Gasteiger partial charge in [-0.2, -0.15) is 0 Å². The molecule has 0 bridgehead atoms. The van der Waals surface area contributed by atoms with Crippen LogP contribution >= 0.6 is 23.2 Å². The van der Waals surface area contributed by atoms with Crippen molar-refractivity contribution in [2.75, 3.05) is 11.8 Å². The Labute approximate surface area is 140 Å². The molecule has 0 saturated carbocycles. The van der Waals surface area contributed by atoms with Crippen LogP contribution in [0.15, 0.2) is 29.3 Å². The van der Waals surface area contributed by atoms with Gasteiger partial charge in [0.05, 0.1) is 23.4 Å². The molecule has 2 rings (SSSR count). The summed E-state index contributed by atoms with van der Waals surface area (Å²) in [5, 5.41) is -0.140. The van der Waals surface area contributed by atoms with Gasteiger partial charge in [-0.1, -0.05) is 29.3 Å². The molecule has 23 heavy (non-hydrogen) atoms. The third kappa shape index (κ3) is 3.80. The van der Waals surface area contributed by atoms with Crippen molar-refractivity contribution in [3.63, 3.8) is 0 Å². The van der Waals surface area contributed by atoms with Crippen LogP contribution in [0.5, 0.6) is 5.88 Å². The summed E-state index contributed by atoms with van der Waals surface area (Å²) in [6, 6.07) is 4.04. The molecule has 11 heteroatoms. The number of nitrogens with zero attached hydrogens (tertiary/aromatic N) is 2. The minimum atomic E-state index is -4.17. The number of aromatic nitrogens is 2. The number of hydrogen-bond donors (Lipinski definition) is 1. The Bertz CT molecular complexity index is 834. The summed E-state index contributed by atoms with van der Waals surface area (Å²) in [7, 11) is -3.03. The topological polar surface area (TPSA) is 81.2 Å². The van der Waals surface area contributed by atoms with E-state index in [2.05, 4.69) is 14.7 Å². The first-order valence-corrected chi connectivity index (χ1v) is 8.16. The highest BCUT2D eigenvalue weighted by atomic mass is 35.5. The fourth-order valence-corrected chi connectivity index (χ4v) is 3.35. The zero-order valence-electron chi connectivity index (χ0n) is 11.4. The molecule has 1 aromatic carbocycles. The first-order chi connectivity index (χ1) is 10.8. The van der Waals surface area contributed by atoms with Gasteiger partial charge in [-0.05, 0) is 12.1 Å². The monoisotopic (exact) mass is 383 g/mol. The van der Waals surface area contributed by atoms with E-state index >= 15 is 0 Å². The van der Waals surface area contributed by atoms with Crippen LogP contribution in [0.1, 0.15) is 12.1 Å². The quantitative estimate of drug-likeness (QED) is 0.853. The molecule has 1 aromatic heterocycles. The van der Waals surface area contributed by atoms with E-state index < -0.39 is 28.0 Å². The normalized spacial score (nSPS) is 11.6. The Morgan fingerprint density at radius 1 is 1.30 bits per heavy atom. The molecule has 0 aliphatic carbocycles. The first-order valence-electron chi connectivity index (χ1n) is 5.92. The number of hydrogen-bond acceptors (Lipinski definition) is 5. The van der Waals surface area contributed by atoms with Gasteiger partial charge in [0, 0.05) is 0 Å². The van der Waals surface area contributed by atoms with Crippen molar-refractivity contribution in [3.8, 4) is 5.88 Å². The molecule has 0 amide bonds. The van der Waals surface area contributed by atoms with Crippen molar-refractivity contribution < 1.29 is 21.9 Å². The summed E-state index contributed by atoms with van der Waals surface area (Å²) in [4.78, 5) is 6.79. The van der Waals surface area contributed by atoms with Crippen LogP contribution < -0.4 is 9.46 Å². The van der Waals surface area contributed by atoms with Gasteiger partial charge in [0.1, 0.15) is 10.6 Å². The number of sulfonamides is 1. The Hall–Kier alpha value is -1.71. The van der Waals surface area contributed by atoms with Gasteiger partial charge < -0.3 is 4.74 Å². The molecule has 0 fully saturated rings. The number of anilines is 1. The van der Waals surface area contributed by atoms with Crippen LogP contribution in [0.4, 0.5) is 14.6 Å². The molecule has 0 spiro atoms. The minimum absolute atomic E-state index is 0.0423. The van der Waals surface area contributed by atoms with Crippen molar-refractivity contribution in [1.29, 1.82) is 0 Å². The zero-order valence-corrected chi connectivity index (χ0v) is 13.8. The lowest BCUT2D eigenvalue weighted by Gasteiger charge is -2.12. The zero-order chi connectivity index (χ0) is 17.2. The second kappa shape index (κ2) is 6.81. The van der Waals surface area contributed by atoms with E-state index in [1.54, 1.807) is 0 Å². The molecule has 1 N–H and O–H groups in total. The number of alkyl halides is 2. The Balaban J connectivity index is 2.43. The van der Waals surface area contributed by atoms with Gasteiger partial charge in [0.25, 0.3) is 22.3 Å². The second-order valence-corrected chi connectivity index (χ2v) is 6.55. The number of nitrogens with one attached hydrogen (secondary N) is 1. The number of methoxy groups -OCH3 is 1. The summed E-state index contributed by atoms with van der Waals surface area (Å²) < 4.78 is 56.7. The SMILES string of the molecule is COc1nc(C(F)F)cnc1NS(=O)(=O)c1cccc(Cl)c1Cl. The fraction of sp³-hybridized carbons (Fsp3) is 0.167. The van der Waals surface area contributed by atoms with Crippen LogP contribution in [-0.2, 0) is 10.0 Å². The average molecular weight is 384 g/mol. The predicted molar refractivity (Wildman–Crippen MR) is 80.8 cm³/mol. The number of benzene rings is 1. The van der Waals surface area contributed by atoms with Gasteiger partial charge in [-0.3, -0.25) is 4.72 Å². The smallest absolute Gasteiger partial charge is 0.282 e. The molecule has 0 atom stereocenters.